The summed E-state index contributed by atoms with van der Waals surface area (Å²) in [5, 5.41) is 0.617. The van der Waals surface area contributed by atoms with Crippen LogP contribution in [0.3, 0.4) is 0 Å². The lowest BCUT2D eigenvalue weighted by molar-refractivity contribution is 0.628. The second-order valence-corrected chi connectivity index (χ2v) is 9.59. The second-order valence-electron chi connectivity index (χ2n) is 6.68. The van der Waals surface area contributed by atoms with Crippen molar-refractivity contribution in [1.29, 1.82) is 0 Å². The molecule has 0 radical (unpaired) electrons. The first-order valence-electron chi connectivity index (χ1n) is 8.61. The SMILES string of the molecule is C=S(=C)(C)c1nccc(-c2[nH]c(-c3ccccc3)nc2-c2ccc(F)cc2)n1. The van der Waals surface area contributed by atoms with E-state index in [1.807, 2.05) is 42.7 Å². The molecule has 0 fully saturated rings. The van der Waals surface area contributed by atoms with Gasteiger partial charge in [0.2, 0.25) is 0 Å². The van der Waals surface area contributed by atoms with Gasteiger partial charge in [0.05, 0.1) is 17.1 Å². The second kappa shape index (κ2) is 7.05. The summed E-state index contributed by atoms with van der Waals surface area (Å²) in [4.78, 5) is 17.2. The molecule has 4 rings (SSSR count). The van der Waals surface area contributed by atoms with Gasteiger partial charge in [-0.3, -0.25) is 0 Å². The van der Waals surface area contributed by atoms with Crippen LogP contribution in [0.1, 0.15) is 0 Å². The fourth-order valence-corrected chi connectivity index (χ4v) is 3.46. The predicted octanol–water partition coefficient (Wildman–Crippen LogP) is 5.00. The highest BCUT2D eigenvalue weighted by Crippen LogP contribution is 2.33. The first-order chi connectivity index (χ1) is 13.4. The molecule has 0 saturated carbocycles. The number of aromatic nitrogens is 4. The van der Waals surface area contributed by atoms with Gasteiger partial charge in [0.15, 0.2) is 5.16 Å². The Balaban J connectivity index is 1.93. The first kappa shape index (κ1) is 18.1. The quantitative estimate of drug-likeness (QED) is 0.394. The van der Waals surface area contributed by atoms with E-state index >= 15 is 0 Å². The molecule has 0 aliphatic rings. The molecular formula is C22H19FN4S. The van der Waals surface area contributed by atoms with E-state index in [1.165, 1.54) is 12.1 Å². The van der Waals surface area contributed by atoms with E-state index < -0.39 is 9.21 Å². The standard InChI is InChI=1S/C22H19FN4S/c1-28(2,3)22-24-14-13-18(25-22)20-19(15-9-11-17(23)12-10-15)26-21(27-20)16-7-5-4-6-8-16/h4-14H,1-2H2,3H3,(H,26,27). The Hall–Kier alpha value is -3.25. The van der Waals surface area contributed by atoms with Gasteiger partial charge < -0.3 is 4.98 Å². The van der Waals surface area contributed by atoms with Gasteiger partial charge in [0.1, 0.15) is 11.6 Å². The molecule has 0 aliphatic heterocycles. The highest BCUT2D eigenvalue weighted by atomic mass is 32.2. The third-order valence-corrected chi connectivity index (χ3v) is 5.28. The van der Waals surface area contributed by atoms with Crippen LogP contribution in [-0.4, -0.2) is 37.9 Å². The van der Waals surface area contributed by atoms with Crippen molar-refractivity contribution in [1.82, 2.24) is 19.9 Å². The molecule has 2 aromatic heterocycles. The number of imidazole rings is 1. The van der Waals surface area contributed by atoms with Crippen molar-refractivity contribution in [2.75, 3.05) is 6.26 Å². The topological polar surface area (TPSA) is 54.5 Å². The normalized spacial score (nSPS) is 11.5. The van der Waals surface area contributed by atoms with Crippen LogP contribution in [0.5, 0.6) is 0 Å². The lowest BCUT2D eigenvalue weighted by Gasteiger charge is -2.08. The molecule has 0 amide bonds. The molecule has 2 heterocycles. The van der Waals surface area contributed by atoms with Gasteiger partial charge in [-0.05, 0) is 36.6 Å². The van der Waals surface area contributed by atoms with Crippen LogP contribution in [0.15, 0.2) is 72.0 Å². The fourth-order valence-electron chi connectivity index (χ4n) is 2.83. The number of nitrogens with one attached hydrogen (secondary N) is 1. The maximum atomic E-state index is 13.4. The molecular weight excluding hydrogens is 371 g/mol. The number of nitrogens with zero attached hydrogens (tertiary/aromatic N) is 3. The van der Waals surface area contributed by atoms with Crippen molar-refractivity contribution >= 4 is 20.9 Å². The summed E-state index contributed by atoms with van der Waals surface area (Å²) in [7, 11) is -1.57. The third-order valence-electron chi connectivity index (χ3n) is 4.20. The van der Waals surface area contributed by atoms with Crippen LogP contribution in [0.4, 0.5) is 4.39 Å². The molecule has 0 spiro atoms. The highest BCUT2D eigenvalue weighted by Gasteiger charge is 2.17. The molecule has 0 aliphatic carbocycles. The van der Waals surface area contributed by atoms with E-state index in [2.05, 4.69) is 26.7 Å². The minimum atomic E-state index is -1.57. The van der Waals surface area contributed by atoms with Gasteiger partial charge in [0, 0.05) is 17.3 Å². The summed E-state index contributed by atoms with van der Waals surface area (Å²) in [5.41, 5.74) is 3.90. The van der Waals surface area contributed by atoms with Gasteiger partial charge in [-0.25, -0.2) is 19.3 Å². The van der Waals surface area contributed by atoms with Gasteiger partial charge in [-0.2, -0.15) is 9.21 Å². The Morgan fingerprint density at radius 3 is 2.29 bits per heavy atom. The van der Waals surface area contributed by atoms with Crippen molar-refractivity contribution in [2.24, 2.45) is 0 Å². The molecule has 28 heavy (non-hydrogen) atoms. The Bertz CT molecular complexity index is 1230. The van der Waals surface area contributed by atoms with Crippen LogP contribution in [0.2, 0.25) is 0 Å². The molecule has 0 bridgehead atoms. The number of hydrogen-bond donors (Lipinski definition) is 1. The number of rotatable bonds is 4. The monoisotopic (exact) mass is 390 g/mol. The summed E-state index contributed by atoms with van der Waals surface area (Å²) >= 11 is 0. The fraction of sp³-hybridized carbons (Fsp3) is 0.0455. The maximum absolute atomic E-state index is 13.4. The summed E-state index contributed by atoms with van der Waals surface area (Å²) in [6.07, 6.45) is 3.64. The summed E-state index contributed by atoms with van der Waals surface area (Å²) in [6, 6.07) is 17.9. The van der Waals surface area contributed by atoms with E-state index in [9.17, 15) is 4.39 Å². The van der Waals surface area contributed by atoms with Crippen molar-refractivity contribution in [3.8, 4) is 34.0 Å². The van der Waals surface area contributed by atoms with E-state index in [0.717, 1.165) is 22.6 Å². The smallest absolute Gasteiger partial charge is 0.176 e. The zero-order valence-corrected chi connectivity index (χ0v) is 16.2. The van der Waals surface area contributed by atoms with Crippen LogP contribution < -0.4 is 0 Å². The van der Waals surface area contributed by atoms with Crippen molar-refractivity contribution in [3.05, 3.63) is 72.7 Å². The van der Waals surface area contributed by atoms with Crippen LogP contribution >= 0.6 is 9.21 Å². The molecule has 0 atom stereocenters. The molecule has 2 aromatic carbocycles. The molecule has 0 unspecified atom stereocenters. The van der Waals surface area contributed by atoms with E-state index in [0.29, 0.717) is 16.5 Å². The minimum Gasteiger partial charge on any atom is -0.336 e. The van der Waals surface area contributed by atoms with E-state index in [-0.39, 0.29) is 5.82 Å². The Labute approximate surface area is 163 Å². The van der Waals surface area contributed by atoms with E-state index in [1.54, 1.807) is 18.3 Å². The Kier molecular flexibility index (Phi) is 4.57. The van der Waals surface area contributed by atoms with Gasteiger partial charge in [-0.15, -0.1) is 0 Å². The van der Waals surface area contributed by atoms with Gasteiger partial charge >= 0.3 is 0 Å². The van der Waals surface area contributed by atoms with Crippen molar-refractivity contribution in [2.45, 2.75) is 5.16 Å². The van der Waals surface area contributed by atoms with Crippen LogP contribution in [0.25, 0.3) is 34.0 Å². The number of hydrogen-bond acceptors (Lipinski definition) is 3. The lowest BCUT2D eigenvalue weighted by atomic mass is 10.1. The molecule has 0 saturated heterocycles. The zero-order chi connectivity index (χ0) is 19.7. The predicted molar refractivity (Wildman–Crippen MR) is 116 cm³/mol. The summed E-state index contributed by atoms with van der Waals surface area (Å²) in [6.45, 7) is 0. The van der Waals surface area contributed by atoms with Crippen molar-refractivity contribution in [3.63, 3.8) is 0 Å². The van der Waals surface area contributed by atoms with Crippen LogP contribution in [-0.2, 0) is 0 Å². The van der Waals surface area contributed by atoms with Gasteiger partial charge in [0.25, 0.3) is 0 Å². The largest absolute Gasteiger partial charge is 0.336 e. The first-order valence-corrected chi connectivity index (χ1v) is 11.0. The Morgan fingerprint density at radius 1 is 0.893 bits per heavy atom. The van der Waals surface area contributed by atoms with Crippen molar-refractivity contribution < 1.29 is 4.39 Å². The average Bonchev–Trinajstić information content (AvgIpc) is 3.14. The zero-order valence-electron chi connectivity index (χ0n) is 15.4. The lowest BCUT2D eigenvalue weighted by Crippen LogP contribution is -1.94. The summed E-state index contributed by atoms with van der Waals surface area (Å²) < 4.78 is 13.4. The Morgan fingerprint density at radius 2 is 1.61 bits per heavy atom. The molecule has 4 aromatic rings. The third kappa shape index (κ3) is 3.59. The maximum Gasteiger partial charge on any atom is 0.176 e. The summed E-state index contributed by atoms with van der Waals surface area (Å²) in [5.74, 6) is 8.62. The van der Waals surface area contributed by atoms with Crippen LogP contribution in [0, 0.1) is 5.82 Å². The number of H-pyrrole nitrogens is 1. The number of aromatic amines is 1. The van der Waals surface area contributed by atoms with Gasteiger partial charge in [-0.1, -0.05) is 42.1 Å². The van der Waals surface area contributed by atoms with E-state index in [4.69, 9.17) is 4.98 Å². The highest BCUT2D eigenvalue weighted by molar-refractivity contribution is 8.27. The number of halogens is 1. The molecule has 140 valence electrons. The molecule has 1 N–H and O–H groups in total. The molecule has 4 nitrogen and oxygen atoms in total. The average molecular weight is 390 g/mol. The number of benzene rings is 2. The molecule has 6 heteroatoms. The minimum absolute atomic E-state index is 0.290.